The third kappa shape index (κ3) is 1.70. The van der Waals surface area contributed by atoms with Crippen molar-refractivity contribution in [3.05, 3.63) is 21.9 Å². The SMILES string of the molecule is CC1c2ccsc2CCN1C1CCC1C(=O)O. The van der Waals surface area contributed by atoms with Gasteiger partial charge in [0.25, 0.3) is 0 Å². The molecule has 1 N–H and O–H groups in total. The van der Waals surface area contributed by atoms with Crippen molar-refractivity contribution >= 4 is 17.3 Å². The van der Waals surface area contributed by atoms with Gasteiger partial charge in [-0.1, -0.05) is 0 Å². The van der Waals surface area contributed by atoms with Crippen LogP contribution in [0.4, 0.5) is 0 Å². The highest BCUT2D eigenvalue weighted by atomic mass is 32.1. The van der Waals surface area contributed by atoms with Gasteiger partial charge in [0.2, 0.25) is 0 Å². The highest BCUT2D eigenvalue weighted by molar-refractivity contribution is 7.10. The van der Waals surface area contributed by atoms with Crippen LogP contribution in [0.15, 0.2) is 11.4 Å². The van der Waals surface area contributed by atoms with Gasteiger partial charge in [-0.15, -0.1) is 11.3 Å². The number of carboxylic acid groups (broad SMARTS) is 1. The Hall–Kier alpha value is -0.870. The molecule has 3 nitrogen and oxygen atoms in total. The van der Waals surface area contributed by atoms with E-state index in [1.807, 2.05) is 11.3 Å². The molecule has 92 valence electrons. The van der Waals surface area contributed by atoms with Gasteiger partial charge in [-0.2, -0.15) is 0 Å². The molecule has 1 aromatic rings. The fourth-order valence-electron chi connectivity index (χ4n) is 3.15. The molecule has 1 aliphatic carbocycles. The van der Waals surface area contributed by atoms with Gasteiger partial charge in [-0.3, -0.25) is 9.69 Å². The van der Waals surface area contributed by atoms with Crippen molar-refractivity contribution in [2.45, 2.75) is 38.3 Å². The van der Waals surface area contributed by atoms with E-state index in [0.29, 0.717) is 6.04 Å². The minimum Gasteiger partial charge on any atom is -0.481 e. The minimum absolute atomic E-state index is 0.141. The standard InChI is InChI=1S/C13H17NO2S/c1-8-9-5-7-17-12(9)4-6-14(8)11-3-2-10(11)13(15)16/h5,7-8,10-11H,2-4,6H2,1H3,(H,15,16). The van der Waals surface area contributed by atoms with Crippen LogP contribution in [0.1, 0.15) is 36.2 Å². The van der Waals surface area contributed by atoms with E-state index in [4.69, 9.17) is 5.11 Å². The van der Waals surface area contributed by atoms with Crippen LogP contribution in [0.5, 0.6) is 0 Å². The molecule has 1 saturated carbocycles. The predicted molar refractivity (Wildman–Crippen MR) is 67.3 cm³/mol. The molecule has 1 fully saturated rings. The summed E-state index contributed by atoms with van der Waals surface area (Å²) >= 11 is 1.83. The molecule has 0 aromatic carbocycles. The van der Waals surface area contributed by atoms with Gasteiger partial charge in [-0.05, 0) is 43.2 Å². The molecule has 0 saturated heterocycles. The monoisotopic (exact) mass is 251 g/mol. The summed E-state index contributed by atoms with van der Waals surface area (Å²) < 4.78 is 0. The Bertz CT molecular complexity index is 442. The van der Waals surface area contributed by atoms with Crippen molar-refractivity contribution in [3.8, 4) is 0 Å². The van der Waals surface area contributed by atoms with Crippen LogP contribution in [0.3, 0.4) is 0 Å². The molecule has 17 heavy (non-hydrogen) atoms. The summed E-state index contributed by atoms with van der Waals surface area (Å²) in [4.78, 5) is 15.0. The highest BCUT2D eigenvalue weighted by Gasteiger charge is 2.43. The molecule has 4 heteroatoms. The predicted octanol–water partition coefficient (Wildman–Crippen LogP) is 2.53. The van der Waals surface area contributed by atoms with Crippen molar-refractivity contribution in [2.75, 3.05) is 6.54 Å². The van der Waals surface area contributed by atoms with Crippen LogP contribution in [0, 0.1) is 5.92 Å². The maximum atomic E-state index is 11.1. The number of thiophene rings is 1. The first-order valence-corrected chi connectivity index (χ1v) is 7.11. The van der Waals surface area contributed by atoms with E-state index in [-0.39, 0.29) is 12.0 Å². The third-order valence-electron chi connectivity index (χ3n) is 4.31. The molecule has 0 spiro atoms. The number of rotatable bonds is 2. The molecule has 3 rings (SSSR count). The summed E-state index contributed by atoms with van der Waals surface area (Å²) in [5, 5.41) is 11.3. The van der Waals surface area contributed by atoms with E-state index >= 15 is 0 Å². The lowest BCUT2D eigenvalue weighted by Crippen LogP contribution is -2.52. The van der Waals surface area contributed by atoms with Crippen LogP contribution in [0.25, 0.3) is 0 Å². The summed E-state index contributed by atoms with van der Waals surface area (Å²) in [5.74, 6) is -0.762. The second-order valence-electron chi connectivity index (χ2n) is 5.05. The number of carboxylic acids is 1. The van der Waals surface area contributed by atoms with Gasteiger partial charge < -0.3 is 5.11 Å². The normalized spacial score (nSPS) is 32.9. The Morgan fingerprint density at radius 1 is 1.53 bits per heavy atom. The lowest BCUT2D eigenvalue weighted by atomic mass is 9.77. The van der Waals surface area contributed by atoms with Crippen molar-refractivity contribution in [3.63, 3.8) is 0 Å². The van der Waals surface area contributed by atoms with Crippen molar-refractivity contribution in [1.29, 1.82) is 0 Å². The zero-order valence-corrected chi connectivity index (χ0v) is 10.7. The Balaban J connectivity index is 1.80. The maximum Gasteiger partial charge on any atom is 0.308 e. The number of hydrogen-bond acceptors (Lipinski definition) is 3. The zero-order chi connectivity index (χ0) is 12.0. The average molecular weight is 251 g/mol. The summed E-state index contributed by atoms with van der Waals surface area (Å²) in [6.07, 6.45) is 2.97. The lowest BCUT2D eigenvalue weighted by molar-refractivity contribution is -0.149. The quantitative estimate of drug-likeness (QED) is 0.878. The summed E-state index contributed by atoms with van der Waals surface area (Å²) in [7, 11) is 0. The molecular weight excluding hydrogens is 234 g/mol. The molecule has 3 unspecified atom stereocenters. The molecule has 2 heterocycles. The molecule has 1 aliphatic heterocycles. The molecule has 0 amide bonds. The number of hydrogen-bond donors (Lipinski definition) is 1. The first-order valence-electron chi connectivity index (χ1n) is 6.23. The third-order valence-corrected chi connectivity index (χ3v) is 5.30. The van der Waals surface area contributed by atoms with E-state index in [9.17, 15) is 4.79 Å². The fourth-order valence-corrected chi connectivity index (χ4v) is 4.11. The van der Waals surface area contributed by atoms with Crippen LogP contribution in [-0.2, 0) is 11.2 Å². The van der Waals surface area contributed by atoms with Gasteiger partial charge in [0.1, 0.15) is 0 Å². The number of aliphatic carboxylic acids is 1. The largest absolute Gasteiger partial charge is 0.481 e. The first kappa shape index (κ1) is 11.2. The molecular formula is C13H17NO2S. The maximum absolute atomic E-state index is 11.1. The van der Waals surface area contributed by atoms with Crippen LogP contribution < -0.4 is 0 Å². The van der Waals surface area contributed by atoms with E-state index in [1.54, 1.807) is 0 Å². The lowest BCUT2D eigenvalue weighted by Gasteiger charge is -2.47. The Morgan fingerprint density at radius 2 is 2.35 bits per heavy atom. The van der Waals surface area contributed by atoms with E-state index in [0.717, 1.165) is 25.8 Å². The number of nitrogens with zero attached hydrogens (tertiary/aromatic N) is 1. The average Bonchev–Trinajstić information content (AvgIpc) is 2.68. The topological polar surface area (TPSA) is 40.5 Å². The summed E-state index contributed by atoms with van der Waals surface area (Å²) in [6.45, 7) is 3.23. The van der Waals surface area contributed by atoms with Gasteiger partial charge in [0.15, 0.2) is 0 Å². The number of carbonyl (C=O) groups is 1. The van der Waals surface area contributed by atoms with Gasteiger partial charge in [-0.25, -0.2) is 0 Å². The summed E-state index contributed by atoms with van der Waals surface area (Å²) in [6, 6.07) is 2.85. The van der Waals surface area contributed by atoms with Crippen molar-refractivity contribution < 1.29 is 9.90 Å². The van der Waals surface area contributed by atoms with Crippen LogP contribution in [0.2, 0.25) is 0 Å². The Kier molecular flexibility index (Phi) is 2.71. The van der Waals surface area contributed by atoms with Crippen molar-refractivity contribution in [1.82, 2.24) is 4.90 Å². The van der Waals surface area contributed by atoms with E-state index in [2.05, 4.69) is 23.3 Å². The van der Waals surface area contributed by atoms with E-state index < -0.39 is 5.97 Å². The van der Waals surface area contributed by atoms with Gasteiger partial charge in [0, 0.05) is 23.5 Å². The van der Waals surface area contributed by atoms with E-state index in [1.165, 1.54) is 10.4 Å². The molecule has 0 bridgehead atoms. The van der Waals surface area contributed by atoms with Crippen LogP contribution >= 0.6 is 11.3 Å². The highest BCUT2D eigenvalue weighted by Crippen LogP contribution is 2.41. The second kappa shape index (κ2) is 4.10. The van der Waals surface area contributed by atoms with Gasteiger partial charge >= 0.3 is 5.97 Å². The summed E-state index contributed by atoms with van der Waals surface area (Å²) in [5.41, 5.74) is 1.41. The molecule has 3 atom stereocenters. The molecule has 1 aromatic heterocycles. The molecule has 0 radical (unpaired) electrons. The molecule has 2 aliphatic rings. The second-order valence-corrected chi connectivity index (χ2v) is 6.05. The van der Waals surface area contributed by atoms with Crippen LogP contribution in [-0.4, -0.2) is 28.6 Å². The smallest absolute Gasteiger partial charge is 0.308 e. The fraction of sp³-hybridized carbons (Fsp3) is 0.615. The first-order chi connectivity index (χ1) is 8.18. The zero-order valence-electron chi connectivity index (χ0n) is 9.93. The Morgan fingerprint density at radius 3 is 3.00 bits per heavy atom. The number of fused-ring (bicyclic) bond motifs is 1. The minimum atomic E-state index is -0.621. The Labute approximate surface area is 105 Å². The van der Waals surface area contributed by atoms with Crippen molar-refractivity contribution in [2.24, 2.45) is 5.92 Å². The van der Waals surface area contributed by atoms with Gasteiger partial charge in [0.05, 0.1) is 5.92 Å².